The van der Waals surface area contributed by atoms with E-state index in [0.717, 1.165) is 69.8 Å². The Morgan fingerprint density at radius 2 is 1.81 bits per heavy atom. The molecular formula is C32H41N7O4. The second-order valence-electron chi connectivity index (χ2n) is 11.8. The molecule has 0 bridgehead atoms. The summed E-state index contributed by atoms with van der Waals surface area (Å²) in [6.45, 7) is 8.12. The highest BCUT2D eigenvalue weighted by Gasteiger charge is 2.29. The molecule has 43 heavy (non-hydrogen) atoms. The monoisotopic (exact) mass is 587 g/mol. The Bertz CT molecular complexity index is 1450. The number of nitrogens with zero attached hydrogens (tertiary/aromatic N) is 4. The summed E-state index contributed by atoms with van der Waals surface area (Å²) >= 11 is 0. The Morgan fingerprint density at radius 3 is 2.49 bits per heavy atom. The molecule has 1 aliphatic carbocycles. The third-order valence-corrected chi connectivity index (χ3v) is 8.96. The highest BCUT2D eigenvalue weighted by atomic mass is 16.5. The smallest absolute Gasteiger partial charge is 0.274 e. The Labute approximate surface area is 252 Å². The number of likely N-dealkylation sites (N-methyl/N-ethyl adjacent to an activating group) is 1. The van der Waals surface area contributed by atoms with Gasteiger partial charge >= 0.3 is 0 Å². The van der Waals surface area contributed by atoms with Crippen molar-refractivity contribution in [3.63, 3.8) is 0 Å². The van der Waals surface area contributed by atoms with E-state index in [-0.39, 0.29) is 29.0 Å². The number of piperazine rings is 1. The summed E-state index contributed by atoms with van der Waals surface area (Å²) in [5.41, 5.74) is 10.5. The van der Waals surface area contributed by atoms with E-state index in [1.807, 2.05) is 12.1 Å². The van der Waals surface area contributed by atoms with E-state index in [0.29, 0.717) is 54.4 Å². The zero-order valence-corrected chi connectivity index (χ0v) is 24.8. The van der Waals surface area contributed by atoms with Gasteiger partial charge in [-0.3, -0.25) is 9.69 Å². The first-order chi connectivity index (χ1) is 20.9. The van der Waals surface area contributed by atoms with Crippen LogP contribution in [0.2, 0.25) is 0 Å². The van der Waals surface area contributed by atoms with Crippen LogP contribution in [-0.2, 0) is 4.74 Å². The summed E-state index contributed by atoms with van der Waals surface area (Å²) < 4.78 is 11.3. The summed E-state index contributed by atoms with van der Waals surface area (Å²) in [5.74, 6) is -0.0122. The first kappa shape index (κ1) is 29.2. The molecule has 0 atom stereocenters. The van der Waals surface area contributed by atoms with Gasteiger partial charge in [0.15, 0.2) is 11.5 Å². The molecule has 0 radical (unpaired) electrons. The molecular weight excluding hydrogens is 546 g/mol. The van der Waals surface area contributed by atoms with Crippen LogP contribution in [0.5, 0.6) is 5.75 Å². The number of carbonyl (C=O) groups is 1. The summed E-state index contributed by atoms with van der Waals surface area (Å²) in [6, 6.07) is 11.2. The van der Waals surface area contributed by atoms with Crippen LogP contribution in [0.15, 0.2) is 40.9 Å². The maximum atomic E-state index is 13.5. The van der Waals surface area contributed by atoms with Crippen LogP contribution in [0.3, 0.4) is 0 Å². The molecule has 1 saturated carbocycles. The number of nitrogens with one attached hydrogen (secondary N) is 2. The fourth-order valence-corrected chi connectivity index (χ4v) is 5.97. The average molecular weight is 588 g/mol. The molecule has 2 aromatic carbocycles. The molecule has 11 heteroatoms. The molecule has 0 unspecified atom stereocenters. The van der Waals surface area contributed by atoms with Crippen molar-refractivity contribution in [2.24, 2.45) is 5.92 Å². The number of benzene rings is 2. The number of nitrogen functional groups attached to an aromatic ring is 1. The second-order valence-corrected chi connectivity index (χ2v) is 11.8. The molecule has 2 saturated heterocycles. The number of morpholine rings is 1. The number of carbonyl (C=O) groups excluding carboxylic acids is 1. The summed E-state index contributed by atoms with van der Waals surface area (Å²) in [7, 11) is 2.13. The molecule has 2 aliphatic heterocycles. The standard InChI is InChI=1S/C32H41N7O4/c1-37-11-13-39(14-12-37)23-7-5-21(6-8-23)28-30(32(41)35-9-10-38-15-17-42-18-16-38)36-43-31(28)25-19-24(26(33)20-27(25)40)29(34)22-3-2-4-22/h5-8,19-20,22,34,40H,2-4,9-18,33H2,1H3,(H,35,41). The molecule has 5 N–H and O–H groups in total. The van der Waals surface area contributed by atoms with Gasteiger partial charge in [-0.25, -0.2) is 0 Å². The molecule has 3 aromatic rings. The Balaban J connectivity index is 1.33. The van der Waals surface area contributed by atoms with Gasteiger partial charge < -0.3 is 40.6 Å². The molecule has 3 heterocycles. The predicted molar refractivity (Wildman–Crippen MR) is 167 cm³/mol. The van der Waals surface area contributed by atoms with E-state index in [4.69, 9.17) is 20.4 Å². The number of aromatic hydroxyl groups is 1. The molecule has 0 spiro atoms. The van der Waals surface area contributed by atoms with Crippen LogP contribution < -0.4 is 16.0 Å². The molecule has 11 nitrogen and oxygen atoms in total. The van der Waals surface area contributed by atoms with Gasteiger partial charge in [0.1, 0.15) is 5.75 Å². The quantitative estimate of drug-likeness (QED) is 0.219. The normalized spacial score (nSPS) is 18.4. The van der Waals surface area contributed by atoms with Crippen molar-refractivity contribution >= 4 is 23.0 Å². The Kier molecular flexibility index (Phi) is 8.64. The van der Waals surface area contributed by atoms with Crippen LogP contribution in [0.25, 0.3) is 22.5 Å². The number of anilines is 2. The lowest BCUT2D eigenvalue weighted by atomic mass is 9.78. The van der Waals surface area contributed by atoms with Crippen LogP contribution in [0.1, 0.15) is 35.3 Å². The largest absolute Gasteiger partial charge is 0.507 e. The van der Waals surface area contributed by atoms with E-state index >= 15 is 0 Å². The van der Waals surface area contributed by atoms with Gasteiger partial charge in [0.2, 0.25) is 0 Å². The van der Waals surface area contributed by atoms with Gasteiger partial charge in [0.25, 0.3) is 5.91 Å². The molecule has 3 fully saturated rings. The van der Waals surface area contributed by atoms with E-state index < -0.39 is 0 Å². The average Bonchev–Trinajstić information content (AvgIpc) is 3.42. The van der Waals surface area contributed by atoms with Gasteiger partial charge in [-0.2, -0.15) is 0 Å². The van der Waals surface area contributed by atoms with Gasteiger partial charge in [-0.15, -0.1) is 0 Å². The molecule has 6 rings (SSSR count). The van der Waals surface area contributed by atoms with Crippen molar-refractivity contribution in [3.8, 4) is 28.2 Å². The van der Waals surface area contributed by atoms with Crippen molar-refractivity contribution in [3.05, 3.63) is 47.7 Å². The minimum atomic E-state index is -0.348. The molecule has 228 valence electrons. The number of nitrogens with two attached hydrogens (primary N) is 1. The number of rotatable bonds is 9. The lowest BCUT2D eigenvalue weighted by Crippen LogP contribution is -2.44. The summed E-state index contributed by atoms with van der Waals surface area (Å²) in [6.07, 6.45) is 3.01. The van der Waals surface area contributed by atoms with E-state index in [9.17, 15) is 9.90 Å². The fraction of sp³-hybridized carbons (Fsp3) is 0.469. The van der Waals surface area contributed by atoms with E-state index in [1.54, 1.807) is 6.07 Å². The minimum Gasteiger partial charge on any atom is -0.507 e. The van der Waals surface area contributed by atoms with E-state index in [1.165, 1.54) is 6.07 Å². The third kappa shape index (κ3) is 6.24. The highest BCUT2D eigenvalue weighted by Crippen LogP contribution is 2.42. The first-order valence-electron chi connectivity index (χ1n) is 15.2. The van der Waals surface area contributed by atoms with Gasteiger partial charge in [0.05, 0.1) is 24.3 Å². The SMILES string of the molecule is CN1CCN(c2ccc(-c3c(C(=O)NCCN4CCOCC4)noc3-c3cc(C(=N)C4CCC4)c(N)cc3O)cc2)CC1. The minimum absolute atomic E-state index is 0.0895. The summed E-state index contributed by atoms with van der Waals surface area (Å²) in [4.78, 5) is 20.4. The third-order valence-electron chi connectivity index (χ3n) is 8.96. The number of hydrogen-bond donors (Lipinski definition) is 4. The van der Waals surface area contributed by atoms with Crippen molar-refractivity contribution in [2.45, 2.75) is 19.3 Å². The number of ether oxygens (including phenoxy) is 1. The highest BCUT2D eigenvalue weighted by molar-refractivity contribution is 6.07. The van der Waals surface area contributed by atoms with Crippen LogP contribution >= 0.6 is 0 Å². The lowest BCUT2D eigenvalue weighted by Gasteiger charge is -2.34. The maximum Gasteiger partial charge on any atom is 0.274 e. The number of hydrogen-bond acceptors (Lipinski definition) is 10. The van der Waals surface area contributed by atoms with Crippen molar-refractivity contribution in [1.82, 2.24) is 20.3 Å². The second kappa shape index (κ2) is 12.7. The maximum absolute atomic E-state index is 13.5. The number of phenols is 1. The topological polar surface area (TPSA) is 144 Å². The molecule has 3 aliphatic rings. The van der Waals surface area contributed by atoms with Crippen LogP contribution in [-0.4, -0.2) is 104 Å². The zero-order valence-electron chi connectivity index (χ0n) is 24.8. The van der Waals surface area contributed by atoms with Crippen molar-refractivity contribution in [2.75, 3.05) is 83.3 Å². The zero-order chi connectivity index (χ0) is 29.9. The molecule has 1 aromatic heterocycles. The van der Waals surface area contributed by atoms with Gasteiger partial charge in [-0.1, -0.05) is 23.7 Å². The number of amides is 1. The Hall–Kier alpha value is -3.93. The fourth-order valence-electron chi connectivity index (χ4n) is 5.97. The predicted octanol–water partition coefficient (Wildman–Crippen LogP) is 3.28. The summed E-state index contributed by atoms with van der Waals surface area (Å²) in [5, 5.41) is 27.0. The molecule has 1 amide bonds. The van der Waals surface area contributed by atoms with Gasteiger partial charge in [0, 0.05) is 87.0 Å². The van der Waals surface area contributed by atoms with Crippen molar-refractivity contribution in [1.29, 1.82) is 5.41 Å². The first-order valence-corrected chi connectivity index (χ1v) is 15.2. The number of phenolic OH excluding ortho intramolecular Hbond substituents is 1. The lowest BCUT2D eigenvalue weighted by molar-refractivity contribution is 0.0383. The van der Waals surface area contributed by atoms with Gasteiger partial charge in [-0.05, 0) is 43.7 Å². The van der Waals surface area contributed by atoms with Crippen LogP contribution in [0, 0.1) is 11.3 Å². The number of aromatic nitrogens is 1. The van der Waals surface area contributed by atoms with Crippen LogP contribution in [0.4, 0.5) is 11.4 Å². The van der Waals surface area contributed by atoms with Crippen molar-refractivity contribution < 1.29 is 19.2 Å². The van der Waals surface area contributed by atoms with E-state index in [2.05, 4.69) is 44.4 Å². The Morgan fingerprint density at radius 1 is 1.09 bits per heavy atom.